The van der Waals surface area contributed by atoms with E-state index in [2.05, 4.69) is 16.8 Å². The Balaban J connectivity index is 1.50. The van der Waals surface area contributed by atoms with Gasteiger partial charge in [-0.2, -0.15) is 0 Å². The Bertz CT molecular complexity index is 883. The summed E-state index contributed by atoms with van der Waals surface area (Å²) in [6.07, 6.45) is 7.54. The first-order valence-electron chi connectivity index (χ1n) is 9.34. The van der Waals surface area contributed by atoms with E-state index in [1.54, 1.807) is 0 Å². The zero-order chi connectivity index (χ0) is 18.6. The molecule has 3 aromatic rings. The molecular weight excluding hydrogens is 358 g/mol. The van der Waals surface area contributed by atoms with Crippen LogP contribution in [-0.4, -0.2) is 51.5 Å². The molecule has 7 heteroatoms. The molecule has 0 N–H and O–H groups in total. The zero-order valence-electron chi connectivity index (χ0n) is 15.4. The number of hydrogen-bond donors (Lipinski definition) is 0. The fourth-order valence-corrected chi connectivity index (χ4v) is 4.36. The van der Waals surface area contributed by atoms with Crippen molar-refractivity contribution in [2.45, 2.75) is 19.8 Å². The molecule has 4 heterocycles. The number of nitrogens with zero attached hydrogens (tertiary/aromatic N) is 5. The first-order valence-corrected chi connectivity index (χ1v) is 10.2. The van der Waals surface area contributed by atoms with Crippen molar-refractivity contribution in [3.63, 3.8) is 0 Å². The van der Waals surface area contributed by atoms with Crippen LogP contribution < -0.4 is 4.90 Å². The van der Waals surface area contributed by atoms with Gasteiger partial charge in [0.1, 0.15) is 10.7 Å². The summed E-state index contributed by atoms with van der Waals surface area (Å²) >= 11 is 1.49. The number of thiazole rings is 1. The number of anilines is 1. The number of aryl methyl sites for hydroxylation is 1. The SMILES string of the molecule is CCCc1nc(-n2cccc2)sc1C(=O)N1CCN(c2ccccn2)CC1. The standard InChI is InChI=1S/C20H23N5OS/c1-2-7-16-18(27-20(22-16)25-10-5-6-11-25)19(26)24-14-12-23(13-15-24)17-8-3-4-9-21-17/h3-6,8-11H,2,7,12-15H2,1H3. The van der Waals surface area contributed by atoms with Gasteiger partial charge >= 0.3 is 0 Å². The van der Waals surface area contributed by atoms with Crippen molar-refractivity contribution in [1.82, 2.24) is 19.4 Å². The summed E-state index contributed by atoms with van der Waals surface area (Å²) in [4.78, 5) is 27.3. The van der Waals surface area contributed by atoms with Gasteiger partial charge in [-0.25, -0.2) is 9.97 Å². The normalized spacial score (nSPS) is 14.6. The molecule has 4 rings (SSSR count). The van der Waals surface area contributed by atoms with Crippen LogP contribution in [0.2, 0.25) is 0 Å². The maximum Gasteiger partial charge on any atom is 0.266 e. The van der Waals surface area contributed by atoms with Gasteiger partial charge in [0.05, 0.1) is 5.69 Å². The summed E-state index contributed by atoms with van der Waals surface area (Å²) in [5, 5.41) is 0.860. The molecule has 27 heavy (non-hydrogen) atoms. The summed E-state index contributed by atoms with van der Waals surface area (Å²) in [7, 11) is 0. The Morgan fingerprint density at radius 3 is 2.56 bits per heavy atom. The van der Waals surface area contributed by atoms with Gasteiger partial charge in [-0.3, -0.25) is 4.79 Å². The Kier molecular flexibility index (Phi) is 5.20. The molecule has 1 saturated heterocycles. The van der Waals surface area contributed by atoms with E-state index in [0.717, 1.165) is 47.5 Å². The summed E-state index contributed by atoms with van der Waals surface area (Å²) < 4.78 is 1.97. The Hall–Kier alpha value is -2.67. The average molecular weight is 382 g/mol. The second-order valence-corrected chi connectivity index (χ2v) is 7.56. The van der Waals surface area contributed by atoms with Crippen molar-refractivity contribution < 1.29 is 4.79 Å². The number of piperazine rings is 1. The van der Waals surface area contributed by atoms with Gasteiger partial charge in [0, 0.05) is 44.8 Å². The molecule has 3 aromatic heterocycles. The van der Waals surface area contributed by atoms with E-state index in [1.807, 2.05) is 58.4 Å². The first-order chi connectivity index (χ1) is 13.3. The van der Waals surface area contributed by atoms with Crippen molar-refractivity contribution in [1.29, 1.82) is 0 Å². The molecule has 0 atom stereocenters. The maximum atomic E-state index is 13.2. The van der Waals surface area contributed by atoms with Crippen LogP contribution in [0, 0.1) is 0 Å². The lowest BCUT2D eigenvalue weighted by Gasteiger charge is -2.35. The van der Waals surface area contributed by atoms with E-state index in [4.69, 9.17) is 4.98 Å². The lowest BCUT2D eigenvalue weighted by Crippen LogP contribution is -2.49. The number of hydrogen-bond acceptors (Lipinski definition) is 5. The number of amides is 1. The molecule has 6 nitrogen and oxygen atoms in total. The second kappa shape index (κ2) is 7.92. The molecule has 0 spiro atoms. The molecule has 0 saturated carbocycles. The molecule has 0 radical (unpaired) electrons. The highest BCUT2D eigenvalue weighted by atomic mass is 32.1. The third-order valence-electron chi connectivity index (χ3n) is 4.73. The number of pyridine rings is 1. The molecule has 1 aliphatic rings. The number of aromatic nitrogens is 3. The topological polar surface area (TPSA) is 54.3 Å². The van der Waals surface area contributed by atoms with Gasteiger partial charge in [0.25, 0.3) is 5.91 Å². The maximum absolute atomic E-state index is 13.2. The Labute approximate surface area is 163 Å². The second-order valence-electron chi connectivity index (χ2n) is 6.58. The van der Waals surface area contributed by atoms with Crippen LogP contribution >= 0.6 is 11.3 Å². The lowest BCUT2D eigenvalue weighted by molar-refractivity contribution is 0.0750. The molecule has 0 unspecified atom stereocenters. The van der Waals surface area contributed by atoms with Crippen molar-refractivity contribution >= 4 is 23.1 Å². The number of carbonyl (C=O) groups is 1. The first kappa shape index (κ1) is 17.7. The fourth-order valence-electron chi connectivity index (χ4n) is 3.31. The van der Waals surface area contributed by atoms with Crippen LogP contribution in [-0.2, 0) is 6.42 Å². The number of carbonyl (C=O) groups excluding carboxylic acids is 1. The zero-order valence-corrected chi connectivity index (χ0v) is 16.2. The van der Waals surface area contributed by atoms with Gasteiger partial charge in [0.15, 0.2) is 5.13 Å². The molecular formula is C20H23N5OS. The van der Waals surface area contributed by atoms with Crippen molar-refractivity contribution in [2.75, 3.05) is 31.1 Å². The van der Waals surface area contributed by atoms with E-state index < -0.39 is 0 Å². The van der Waals surface area contributed by atoms with Gasteiger partial charge in [0.2, 0.25) is 0 Å². The molecule has 140 valence electrons. The summed E-state index contributed by atoms with van der Waals surface area (Å²) in [6.45, 7) is 5.13. The molecule has 0 aromatic carbocycles. The van der Waals surface area contributed by atoms with Crippen molar-refractivity contribution in [3.8, 4) is 5.13 Å². The van der Waals surface area contributed by atoms with Crippen molar-refractivity contribution in [3.05, 3.63) is 59.5 Å². The smallest absolute Gasteiger partial charge is 0.266 e. The molecule has 0 bridgehead atoms. The van der Waals surface area contributed by atoms with E-state index in [9.17, 15) is 4.79 Å². The van der Waals surface area contributed by atoms with Crippen LogP contribution in [0.1, 0.15) is 28.7 Å². The minimum absolute atomic E-state index is 0.107. The van der Waals surface area contributed by atoms with Crippen LogP contribution in [0.3, 0.4) is 0 Å². The highest BCUT2D eigenvalue weighted by molar-refractivity contribution is 7.16. The van der Waals surface area contributed by atoms with E-state index >= 15 is 0 Å². The molecule has 1 fully saturated rings. The Morgan fingerprint density at radius 1 is 1.11 bits per heavy atom. The minimum atomic E-state index is 0.107. The van der Waals surface area contributed by atoms with E-state index in [1.165, 1.54) is 11.3 Å². The third kappa shape index (κ3) is 3.73. The van der Waals surface area contributed by atoms with Crippen molar-refractivity contribution in [2.24, 2.45) is 0 Å². The van der Waals surface area contributed by atoms with Crippen LogP contribution in [0.25, 0.3) is 5.13 Å². The van der Waals surface area contributed by atoms with Crippen LogP contribution in [0.15, 0.2) is 48.9 Å². The van der Waals surface area contributed by atoms with Gasteiger partial charge in [-0.1, -0.05) is 30.7 Å². The van der Waals surface area contributed by atoms with Gasteiger partial charge in [-0.05, 0) is 30.7 Å². The van der Waals surface area contributed by atoms with Crippen LogP contribution in [0.4, 0.5) is 5.82 Å². The summed E-state index contributed by atoms with van der Waals surface area (Å²) in [5.74, 6) is 1.08. The number of rotatable bonds is 5. The van der Waals surface area contributed by atoms with Gasteiger partial charge in [-0.15, -0.1) is 0 Å². The van der Waals surface area contributed by atoms with Gasteiger partial charge < -0.3 is 14.4 Å². The third-order valence-corrected chi connectivity index (χ3v) is 5.83. The Morgan fingerprint density at radius 2 is 1.89 bits per heavy atom. The molecule has 1 amide bonds. The summed E-state index contributed by atoms with van der Waals surface area (Å²) in [5.41, 5.74) is 0.920. The highest BCUT2D eigenvalue weighted by Crippen LogP contribution is 2.26. The van der Waals surface area contributed by atoms with Crippen LogP contribution in [0.5, 0.6) is 0 Å². The largest absolute Gasteiger partial charge is 0.353 e. The lowest BCUT2D eigenvalue weighted by atomic mass is 10.2. The highest BCUT2D eigenvalue weighted by Gasteiger charge is 2.27. The summed E-state index contributed by atoms with van der Waals surface area (Å²) in [6, 6.07) is 9.88. The molecule has 1 aliphatic heterocycles. The average Bonchev–Trinajstić information content (AvgIpc) is 3.39. The van der Waals surface area contributed by atoms with E-state index in [-0.39, 0.29) is 5.91 Å². The van der Waals surface area contributed by atoms with E-state index in [0.29, 0.717) is 13.1 Å². The quantitative estimate of drug-likeness (QED) is 0.681. The predicted octanol–water partition coefficient (Wildman–Crippen LogP) is 3.24. The monoisotopic (exact) mass is 381 g/mol. The minimum Gasteiger partial charge on any atom is -0.353 e. The predicted molar refractivity (Wildman–Crippen MR) is 108 cm³/mol. The fraction of sp³-hybridized carbons (Fsp3) is 0.350. The molecule has 0 aliphatic carbocycles.